The zero-order chi connectivity index (χ0) is 18.5. The molecular weight excluding hydrogens is 326 g/mol. The number of allylic oxidation sites excluding steroid dienone is 1. The number of aromatic hydroxyl groups is 1. The molecule has 2 heterocycles. The number of hydrogen-bond acceptors (Lipinski definition) is 5. The maximum Gasteiger partial charge on any atom is 0.205 e. The first-order chi connectivity index (χ1) is 12.7. The molecule has 0 aliphatic carbocycles. The Kier molecular flexibility index (Phi) is 5.43. The minimum Gasteiger partial charge on any atom is -0.508 e. The Morgan fingerprint density at radius 1 is 1.31 bits per heavy atom. The normalized spacial score (nSPS) is 15.9. The molecule has 26 heavy (non-hydrogen) atoms. The lowest BCUT2D eigenvalue weighted by Gasteiger charge is -2.27. The molecular formula is C21H23N3O2. The van der Waals surface area contributed by atoms with Crippen molar-refractivity contribution in [1.82, 2.24) is 4.98 Å². The number of nitrogens with two attached hydrogens (primary N) is 1. The van der Waals surface area contributed by atoms with Gasteiger partial charge in [-0.2, -0.15) is 5.26 Å². The number of fused-ring (bicyclic) bond motifs is 1. The number of pyridine rings is 1. The van der Waals surface area contributed by atoms with Crippen LogP contribution in [0.1, 0.15) is 55.2 Å². The highest BCUT2D eigenvalue weighted by Crippen LogP contribution is 2.44. The fraction of sp³-hybridized carbons (Fsp3) is 0.333. The van der Waals surface area contributed by atoms with Crippen LogP contribution in [0, 0.1) is 11.3 Å². The summed E-state index contributed by atoms with van der Waals surface area (Å²) in [6.07, 6.45) is 8.72. The zero-order valence-corrected chi connectivity index (χ0v) is 14.9. The molecule has 1 atom stereocenters. The van der Waals surface area contributed by atoms with Gasteiger partial charge in [-0.25, -0.2) is 0 Å². The van der Waals surface area contributed by atoms with Gasteiger partial charge in [-0.3, -0.25) is 4.98 Å². The number of nitriles is 1. The molecule has 0 spiro atoms. The number of hydrogen-bond donors (Lipinski definition) is 2. The van der Waals surface area contributed by atoms with Crippen molar-refractivity contribution < 1.29 is 9.84 Å². The summed E-state index contributed by atoms with van der Waals surface area (Å²) in [4.78, 5) is 4.17. The number of benzene rings is 1. The van der Waals surface area contributed by atoms with Gasteiger partial charge < -0.3 is 15.6 Å². The maximum atomic E-state index is 10.4. The third-order valence-electron chi connectivity index (χ3n) is 4.73. The number of unbranched alkanes of at least 4 members (excludes halogenated alkanes) is 3. The molecule has 1 aliphatic heterocycles. The lowest BCUT2D eigenvalue weighted by molar-refractivity contribution is 0.387. The largest absolute Gasteiger partial charge is 0.508 e. The summed E-state index contributed by atoms with van der Waals surface area (Å²) < 4.78 is 5.62. The van der Waals surface area contributed by atoms with Gasteiger partial charge >= 0.3 is 0 Å². The third-order valence-corrected chi connectivity index (χ3v) is 4.73. The molecule has 1 aromatic heterocycles. The van der Waals surface area contributed by atoms with E-state index in [0.717, 1.165) is 36.0 Å². The second-order valence-corrected chi connectivity index (χ2v) is 6.54. The van der Waals surface area contributed by atoms with E-state index in [-0.39, 0.29) is 17.6 Å². The Morgan fingerprint density at radius 3 is 2.85 bits per heavy atom. The molecule has 0 amide bonds. The first-order valence-corrected chi connectivity index (χ1v) is 8.99. The van der Waals surface area contributed by atoms with E-state index in [1.807, 2.05) is 18.2 Å². The quantitative estimate of drug-likeness (QED) is 0.765. The van der Waals surface area contributed by atoms with Crippen LogP contribution in [0.15, 0.2) is 48.1 Å². The van der Waals surface area contributed by atoms with Gasteiger partial charge in [0.15, 0.2) is 0 Å². The molecule has 0 saturated carbocycles. The molecule has 3 rings (SSSR count). The van der Waals surface area contributed by atoms with Gasteiger partial charge in [-0.15, -0.1) is 0 Å². The second kappa shape index (κ2) is 7.92. The monoisotopic (exact) mass is 349 g/mol. The average molecular weight is 349 g/mol. The van der Waals surface area contributed by atoms with Crippen molar-refractivity contribution in [2.24, 2.45) is 5.73 Å². The lowest BCUT2D eigenvalue weighted by atomic mass is 9.83. The van der Waals surface area contributed by atoms with E-state index in [0.29, 0.717) is 11.3 Å². The molecule has 0 fully saturated rings. The minimum atomic E-state index is -0.340. The number of nitrogens with zero attached hydrogens (tertiary/aromatic N) is 2. The smallest absolute Gasteiger partial charge is 0.205 e. The highest BCUT2D eigenvalue weighted by Gasteiger charge is 2.31. The molecule has 1 aromatic carbocycles. The number of aromatic nitrogens is 1. The van der Waals surface area contributed by atoms with Crippen LogP contribution in [0.4, 0.5) is 0 Å². The Morgan fingerprint density at radius 2 is 2.15 bits per heavy atom. The minimum absolute atomic E-state index is 0.0731. The van der Waals surface area contributed by atoms with Crippen molar-refractivity contribution in [3.63, 3.8) is 0 Å². The molecule has 1 unspecified atom stereocenters. The molecule has 0 saturated heterocycles. The van der Waals surface area contributed by atoms with E-state index in [1.165, 1.54) is 12.8 Å². The molecule has 0 bridgehead atoms. The molecule has 0 radical (unpaired) electrons. The van der Waals surface area contributed by atoms with Crippen molar-refractivity contribution in [3.8, 4) is 17.6 Å². The third kappa shape index (κ3) is 3.50. The summed E-state index contributed by atoms with van der Waals surface area (Å²) in [5, 5.41) is 20.0. The summed E-state index contributed by atoms with van der Waals surface area (Å²) >= 11 is 0. The highest BCUT2D eigenvalue weighted by atomic mass is 16.5. The van der Waals surface area contributed by atoms with Gasteiger partial charge in [-0.05, 0) is 36.1 Å². The summed E-state index contributed by atoms with van der Waals surface area (Å²) in [6, 6.07) is 9.48. The highest BCUT2D eigenvalue weighted by molar-refractivity contribution is 5.58. The lowest BCUT2D eigenvalue weighted by Crippen LogP contribution is -2.21. The van der Waals surface area contributed by atoms with Crippen LogP contribution >= 0.6 is 0 Å². The topological polar surface area (TPSA) is 92.2 Å². The molecule has 3 N–H and O–H groups in total. The van der Waals surface area contributed by atoms with E-state index in [1.54, 1.807) is 18.5 Å². The second-order valence-electron chi connectivity index (χ2n) is 6.54. The SMILES string of the molecule is CCCCCCc1cc2c(cc1O)OC(N)=C(C#N)C2c1cccnc1. The number of phenols is 1. The van der Waals surface area contributed by atoms with Crippen LogP contribution in [-0.4, -0.2) is 10.1 Å². The van der Waals surface area contributed by atoms with Crippen LogP contribution in [0.5, 0.6) is 11.5 Å². The maximum absolute atomic E-state index is 10.4. The van der Waals surface area contributed by atoms with Crippen LogP contribution in [0.25, 0.3) is 0 Å². The van der Waals surface area contributed by atoms with Crippen molar-refractivity contribution in [2.75, 3.05) is 0 Å². The molecule has 134 valence electrons. The van der Waals surface area contributed by atoms with Gasteiger partial charge in [-0.1, -0.05) is 32.3 Å². The predicted octanol–water partition coefficient (Wildman–Crippen LogP) is 4.13. The van der Waals surface area contributed by atoms with Crippen molar-refractivity contribution >= 4 is 0 Å². The van der Waals surface area contributed by atoms with Crippen molar-refractivity contribution in [3.05, 3.63) is 64.8 Å². The van der Waals surface area contributed by atoms with Crippen LogP contribution in [0.2, 0.25) is 0 Å². The van der Waals surface area contributed by atoms with Gasteiger partial charge in [0, 0.05) is 24.0 Å². The van der Waals surface area contributed by atoms with E-state index in [2.05, 4.69) is 18.0 Å². The first kappa shape index (κ1) is 17.8. The number of rotatable bonds is 6. The Hall–Kier alpha value is -3.00. The summed E-state index contributed by atoms with van der Waals surface area (Å²) in [6.45, 7) is 2.17. The Bertz CT molecular complexity index is 854. The molecule has 5 heteroatoms. The van der Waals surface area contributed by atoms with Gasteiger partial charge in [0.05, 0.1) is 5.92 Å². The number of ether oxygens (including phenoxy) is 1. The van der Waals surface area contributed by atoms with Gasteiger partial charge in [0.1, 0.15) is 23.1 Å². The van der Waals surface area contributed by atoms with Crippen LogP contribution in [0.3, 0.4) is 0 Å². The van der Waals surface area contributed by atoms with Crippen molar-refractivity contribution in [1.29, 1.82) is 5.26 Å². The van der Waals surface area contributed by atoms with E-state index >= 15 is 0 Å². The standard InChI is InChI=1S/C21H23N3O2/c1-2-3-4-5-7-14-10-16-19(11-18(14)25)26-21(23)17(12-22)20(16)15-8-6-9-24-13-15/h6,8-11,13,20,25H,2-5,7,23H2,1H3. The zero-order valence-electron chi connectivity index (χ0n) is 14.9. The fourth-order valence-corrected chi connectivity index (χ4v) is 3.37. The molecule has 5 nitrogen and oxygen atoms in total. The first-order valence-electron chi connectivity index (χ1n) is 8.99. The van der Waals surface area contributed by atoms with Gasteiger partial charge in [0.2, 0.25) is 5.88 Å². The summed E-state index contributed by atoms with van der Waals surface area (Å²) in [5.74, 6) is 0.431. The summed E-state index contributed by atoms with van der Waals surface area (Å²) in [5.41, 5.74) is 8.92. The van der Waals surface area contributed by atoms with Crippen molar-refractivity contribution in [2.45, 2.75) is 44.9 Å². The van der Waals surface area contributed by atoms with E-state index in [4.69, 9.17) is 10.5 Å². The molecule has 1 aliphatic rings. The van der Waals surface area contributed by atoms with Crippen LogP contribution < -0.4 is 10.5 Å². The number of aryl methyl sites for hydroxylation is 1. The van der Waals surface area contributed by atoms with E-state index in [9.17, 15) is 10.4 Å². The number of phenolic OH excluding ortho intramolecular Hbond substituents is 1. The Labute approximate surface area is 153 Å². The van der Waals surface area contributed by atoms with Gasteiger partial charge in [0.25, 0.3) is 0 Å². The van der Waals surface area contributed by atoms with Crippen LogP contribution in [-0.2, 0) is 6.42 Å². The fourth-order valence-electron chi connectivity index (χ4n) is 3.37. The van der Waals surface area contributed by atoms with E-state index < -0.39 is 0 Å². The molecule has 2 aromatic rings. The Balaban J connectivity index is 2.02. The average Bonchev–Trinajstić information content (AvgIpc) is 2.65. The summed E-state index contributed by atoms with van der Waals surface area (Å²) in [7, 11) is 0. The predicted molar refractivity (Wildman–Crippen MR) is 99.5 cm³/mol.